The minimum atomic E-state index is 0.868. The van der Waals surface area contributed by atoms with Crippen molar-refractivity contribution in [2.45, 2.75) is 13.8 Å². The van der Waals surface area contributed by atoms with Gasteiger partial charge < -0.3 is 10.6 Å². The van der Waals surface area contributed by atoms with Gasteiger partial charge in [-0.25, -0.2) is 0 Å². The van der Waals surface area contributed by atoms with Gasteiger partial charge in [0.2, 0.25) is 0 Å². The minimum absolute atomic E-state index is 0.868. The number of anilines is 1. The molecule has 0 fully saturated rings. The third kappa shape index (κ3) is 1.87. The van der Waals surface area contributed by atoms with Gasteiger partial charge >= 0.3 is 0 Å². The molecule has 0 atom stereocenters. The molecule has 14 heavy (non-hydrogen) atoms. The van der Waals surface area contributed by atoms with Gasteiger partial charge in [0.15, 0.2) is 5.96 Å². The summed E-state index contributed by atoms with van der Waals surface area (Å²) in [6.07, 6.45) is 0. The van der Waals surface area contributed by atoms with Gasteiger partial charge in [0.25, 0.3) is 0 Å². The van der Waals surface area contributed by atoms with Gasteiger partial charge in [0.05, 0.1) is 6.54 Å². The molecule has 0 aromatic heterocycles. The molecule has 3 nitrogen and oxygen atoms in total. The van der Waals surface area contributed by atoms with Gasteiger partial charge in [-0.15, -0.1) is 0 Å². The molecule has 0 spiro atoms. The van der Waals surface area contributed by atoms with E-state index in [0.717, 1.165) is 24.7 Å². The second-order valence-electron chi connectivity index (χ2n) is 3.58. The monoisotopic (exact) mass is 189 g/mol. The Morgan fingerprint density at radius 3 is 2.79 bits per heavy atom. The molecule has 1 aromatic carbocycles. The molecule has 2 N–H and O–H groups in total. The van der Waals surface area contributed by atoms with Crippen LogP contribution < -0.4 is 10.6 Å². The van der Waals surface area contributed by atoms with Crippen LogP contribution in [-0.4, -0.2) is 19.0 Å². The Bertz CT molecular complexity index is 369. The maximum atomic E-state index is 4.28. The number of nitrogens with one attached hydrogen (secondary N) is 2. The van der Waals surface area contributed by atoms with Crippen LogP contribution in [0.25, 0.3) is 0 Å². The van der Waals surface area contributed by atoms with Gasteiger partial charge in [0.1, 0.15) is 0 Å². The van der Waals surface area contributed by atoms with Crippen molar-refractivity contribution in [3.8, 4) is 0 Å². The zero-order valence-electron chi connectivity index (χ0n) is 8.59. The van der Waals surface area contributed by atoms with Gasteiger partial charge in [-0.05, 0) is 37.1 Å². The highest BCUT2D eigenvalue weighted by molar-refractivity contribution is 5.94. The summed E-state index contributed by atoms with van der Waals surface area (Å²) in [5.41, 5.74) is 3.71. The predicted molar refractivity (Wildman–Crippen MR) is 59.8 cm³/mol. The van der Waals surface area contributed by atoms with Crippen LogP contribution in [0.1, 0.15) is 11.1 Å². The van der Waals surface area contributed by atoms with Crippen molar-refractivity contribution in [3.05, 3.63) is 29.3 Å². The summed E-state index contributed by atoms with van der Waals surface area (Å²) in [6.45, 7) is 6.04. The average Bonchev–Trinajstić information content (AvgIpc) is 2.64. The Morgan fingerprint density at radius 1 is 1.29 bits per heavy atom. The Kier molecular flexibility index (Phi) is 2.39. The first-order chi connectivity index (χ1) is 6.75. The lowest BCUT2D eigenvalue weighted by molar-refractivity contribution is 0.959. The van der Waals surface area contributed by atoms with Crippen LogP contribution in [0.3, 0.4) is 0 Å². The van der Waals surface area contributed by atoms with Crippen LogP contribution in [0.4, 0.5) is 5.69 Å². The molecular formula is C11H15N3. The fourth-order valence-electron chi connectivity index (χ4n) is 1.44. The Balaban J connectivity index is 2.13. The number of guanidine groups is 1. The van der Waals surface area contributed by atoms with Crippen LogP contribution in [0.5, 0.6) is 0 Å². The van der Waals surface area contributed by atoms with Crippen molar-refractivity contribution in [3.63, 3.8) is 0 Å². The highest BCUT2D eigenvalue weighted by Crippen LogP contribution is 2.14. The quantitative estimate of drug-likeness (QED) is 0.705. The summed E-state index contributed by atoms with van der Waals surface area (Å²) in [6, 6.07) is 6.33. The first-order valence-corrected chi connectivity index (χ1v) is 4.88. The number of nitrogens with zero attached hydrogens (tertiary/aromatic N) is 1. The van der Waals surface area contributed by atoms with Crippen molar-refractivity contribution >= 4 is 11.6 Å². The third-order valence-electron chi connectivity index (χ3n) is 2.44. The van der Waals surface area contributed by atoms with E-state index in [0.29, 0.717) is 0 Å². The number of benzene rings is 1. The van der Waals surface area contributed by atoms with E-state index in [-0.39, 0.29) is 0 Å². The van der Waals surface area contributed by atoms with E-state index in [1.807, 2.05) is 0 Å². The summed E-state index contributed by atoms with van der Waals surface area (Å²) in [4.78, 5) is 4.28. The first-order valence-electron chi connectivity index (χ1n) is 4.88. The van der Waals surface area contributed by atoms with Crippen molar-refractivity contribution in [2.24, 2.45) is 4.99 Å². The number of hydrogen-bond donors (Lipinski definition) is 2. The smallest absolute Gasteiger partial charge is 0.195 e. The number of rotatable bonds is 1. The van der Waals surface area contributed by atoms with Crippen molar-refractivity contribution in [2.75, 3.05) is 18.4 Å². The second kappa shape index (κ2) is 3.70. The molecule has 0 unspecified atom stereocenters. The molecule has 2 rings (SSSR count). The molecule has 0 saturated heterocycles. The van der Waals surface area contributed by atoms with Crippen LogP contribution in [0.15, 0.2) is 23.2 Å². The lowest BCUT2D eigenvalue weighted by Crippen LogP contribution is -2.26. The lowest BCUT2D eigenvalue weighted by atomic mass is 10.1. The fraction of sp³-hybridized carbons (Fsp3) is 0.364. The van der Waals surface area contributed by atoms with E-state index in [4.69, 9.17) is 0 Å². The van der Waals surface area contributed by atoms with E-state index < -0.39 is 0 Å². The maximum absolute atomic E-state index is 4.28. The third-order valence-corrected chi connectivity index (χ3v) is 2.44. The molecule has 74 valence electrons. The molecule has 1 aliphatic rings. The largest absolute Gasteiger partial charge is 0.354 e. The van der Waals surface area contributed by atoms with Gasteiger partial charge in [-0.2, -0.15) is 0 Å². The van der Waals surface area contributed by atoms with Crippen molar-refractivity contribution in [1.82, 2.24) is 5.32 Å². The summed E-state index contributed by atoms with van der Waals surface area (Å²) < 4.78 is 0. The van der Waals surface area contributed by atoms with Crippen molar-refractivity contribution in [1.29, 1.82) is 0 Å². The van der Waals surface area contributed by atoms with Crippen LogP contribution >= 0.6 is 0 Å². The second-order valence-corrected chi connectivity index (χ2v) is 3.58. The van der Waals surface area contributed by atoms with Gasteiger partial charge in [0, 0.05) is 12.2 Å². The molecule has 0 amide bonds. The van der Waals surface area contributed by atoms with E-state index in [1.54, 1.807) is 0 Å². The van der Waals surface area contributed by atoms with Gasteiger partial charge in [-0.1, -0.05) is 6.07 Å². The van der Waals surface area contributed by atoms with Crippen LogP contribution in [0, 0.1) is 13.8 Å². The lowest BCUT2D eigenvalue weighted by Gasteiger charge is -2.08. The average molecular weight is 189 g/mol. The summed E-state index contributed by atoms with van der Waals surface area (Å²) in [7, 11) is 0. The Morgan fingerprint density at radius 2 is 2.14 bits per heavy atom. The molecule has 0 aliphatic carbocycles. The molecular weight excluding hydrogens is 174 g/mol. The molecule has 3 heteroatoms. The zero-order chi connectivity index (χ0) is 9.97. The summed E-state index contributed by atoms with van der Waals surface area (Å²) >= 11 is 0. The molecule has 0 bridgehead atoms. The SMILES string of the molecule is Cc1ccc(NC2=NCCN2)cc1C. The molecule has 1 heterocycles. The molecule has 0 radical (unpaired) electrons. The topological polar surface area (TPSA) is 36.4 Å². The number of aliphatic imine (C=N–C) groups is 1. The van der Waals surface area contributed by atoms with Crippen LogP contribution in [-0.2, 0) is 0 Å². The Hall–Kier alpha value is -1.51. The molecule has 0 saturated carbocycles. The fourth-order valence-corrected chi connectivity index (χ4v) is 1.44. The standard InChI is InChI=1S/C11H15N3/c1-8-3-4-10(7-9(8)2)14-11-12-5-6-13-11/h3-4,7H,5-6H2,1-2H3,(H2,12,13,14). The van der Waals surface area contributed by atoms with E-state index in [1.165, 1.54) is 11.1 Å². The highest BCUT2D eigenvalue weighted by Gasteiger charge is 2.04. The van der Waals surface area contributed by atoms with E-state index >= 15 is 0 Å². The van der Waals surface area contributed by atoms with Gasteiger partial charge in [-0.3, -0.25) is 4.99 Å². The normalized spacial score (nSPS) is 14.9. The zero-order valence-corrected chi connectivity index (χ0v) is 8.59. The highest BCUT2D eigenvalue weighted by atomic mass is 15.2. The first kappa shape index (κ1) is 9.06. The predicted octanol–water partition coefficient (Wildman–Crippen LogP) is 1.67. The summed E-state index contributed by atoms with van der Waals surface area (Å²) in [5, 5.41) is 6.43. The molecule has 1 aliphatic heterocycles. The van der Waals surface area contributed by atoms with E-state index in [2.05, 4.69) is 47.7 Å². The number of aryl methyl sites for hydroxylation is 2. The Labute approximate surface area is 84.2 Å². The number of hydrogen-bond acceptors (Lipinski definition) is 3. The maximum Gasteiger partial charge on any atom is 0.195 e. The minimum Gasteiger partial charge on any atom is -0.354 e. The van der Waals surface area contributed by atoms with Crippen molar-refractivity contribution < 1.29 is 0 Å². The van der Waals surface area contributed by atoms with E-state index in [9.17, 15) is 0 Å². The van der Waals surface area contributed by atoms with Crippen LogP contribution in [0.2, 0.25) is 0 Å². The summed E-state index contributed by atoms with van der Waals surface area (Å²) in [5.74, 6) is 0.883. The molecule has 1 aromatic rings.